The molecule has 0 aliphatic heterocycles. The monoisotopic (exact) mass is 132 g/mol. The molecule has 1 aliphatic carbocycles. The first-order chi connectivity index (χ1) is 4.86. The summed E-state index contributed by atoms with van der Waals surface area (Å²) < 4.78 is 1.87. The fourth-order valence-corrected chi connectivity index (χ4v) is 0.913. The van der Waals surface area contributed by atoms with E-state index in [0.29, 0.717) is 0 Å². The van der Waals surface area contributed by atoms with E-state index in [1.165, 1.54) is 5.56 Å². The van der Waals surface area contributed by atoms with Gasteiger partial charge in [-0.2, -0.15) is 5.10 Å². The molecule has 0 saturated carbocycles. The molecule has 10 heavy (non-hydrogen) atoms. The van der Waals surface area contributed by atoms with E-state index in [-0.39, 0.29) is 0 Å². The van der Waals surface area contributed by atoms with Crippen LogP contribution in [0.5, 0.6) is 0 Å². The summed E-state index contributed by atoms with van der Waals surface area (Å²) in [7, 11) is 0. The van der Waals surface area contributed by atoms with Crippen molar-refractivity contribution in [2.75, 3.05) is 0 Å². The van der Waals surface area contributed by atoms with Crippen LogP contribution in [0.3, 0.4) is 0 Å². The molecule has 0 unspecified atom stereocenters. The molecule has 0 saturated heterocycles. The molecule has 0 spiro atoms. The van der Waals surface area contributed by atoms with Gasteiger partial charge in [0.25, 0.3) is 0 Å². The molecular weight excluding hydrogens is 124 g/mol. The number of hydrogen-bond acceptors (Lipinski definition) is 1. The quantitative estimate of drug-likeness (QED) is 0.530. The Morgan fingerprint density at radius 1 is 1.70 bits per heavy atom. The average Bonchev–Trinajstić information content (AvgIpc) is 2.10. The van der Waals surface area contributed by atoms with Gasteiger partial charge in [0.1, 0.15) is 0 Å². The summed E-state index contributed by atoms with van der Waals surface area (Å²) >= 11 is 0. The standard InChI is InChI=1S/C8H8N2/c1-7-5-9-10(6-7)8-3-2-4-8/h2,5-6H,3H2,1H3. The first kappa shape index (κ1) is 5.51. The minimum Gasteiger partial charge on any atom is -0.237 e. The van der Waals surface area contributed by atoms with E-state index in [2.05, 4.69) is 10.8 Å². The van der Waals surface area contributed by atoms with Crippen LogP contribution >= 0.6 is 0 Å². The molecular formula is C8H8N2. The van der Waals surface area contributed by atoms with Crippen LogP contribution in [0.2, 0.25) is 0 Å². The topological polar surface area (TPSA) is 17.8 Å². The highest BCUT2D eigenvalue weighted by Crippen LogP contribution is 2.14. The number of allylic oxidation sites excluding steroid dienone is 1. The van der Waals surface area contributed by atoms with Crippen LogP contribution in [-0.4, -0.2) is 9.78 Å². The Morgan fingerprint density at radius 2 is 2.50 bits per heavy atom. The fraction of sp³-hybridized carbons (Fsp3) is 0.250. The SMILES string of the molecule is Cc1cnn(C2=C=CC2)c1. The third kappa shape index (κ3) is 0.703. The van der Waals surface area contributed by atoms with Crippen molar-refractivity contribution in [1.82, 2.24) is 9.78 Å². The summed E-state index contributed by atoms with van der Waals surface area (Å²) in [4.78, 5) is 0. The van der Waals surface area contributed by atoms with Crippen molar-refractivity contribution in [3.63, 3.8) is 0 Å². The van der Waals surface area contributed by atoms with Crippen molar-refractivity contribution < 1.29 is 0 Å². The van der Waals surface area contributed by atoms with Gasteiger partial charge >= 0.3 is 0 Å². The van der Waals surface area contributed by atoms with Crippen LogP contribution in [0.15, 0.2) is 24.2 Å². The van der Waals surface area contributed by atoms with Crippen LogP contribution in [0.1, 0.15) is 12.0 Å². The number of nitrogens with zero attached hydrogens (tertiary/aromatic N) is 2. The second-order valence-corrected chi connectivity index (χ2v) is 2.46. The minimum atomic E-state index is 1.00. The van der Waals surface area contributed by atoms with Gasteiger partial charge in [0.2, 0.25) is 0 Å². The maximum atomic E-state index is 4.13. The number of aromatic nitrogens is 2. The highest BCUT2D eigenvalue weighted by atomic mass is 15.3. The normalized spacial score (nSPS) is 14.7. The highest BCUT2D eigenvalue weighted by Gasteiger charge is 2.03. The lowest BCUT2D eigenvalue weighted by Gasteiger charge is -2.05. The average molecular weight is 132 g/mol. The van der Waals surface area contributed by atoms with E-state index in [0.717, 1.165) is 12.1 Å². The van der Waals surface area contributed by atoms with Crippen LogP contribution in [-0.2, 0) is 0 Å². The predicted molar refractivity (Wildman–Crippen MR) is 39.4 cm³/mol. The lowest BCUT2D eigenvalue weighted by atomic mass is 10.2. The first-order valence-electron chi connectivity index (χ1n) is 3.32. The number of rotatable bonds is 1. The van der Waals surface area contributed by atoms with E-state index in [1.807, 2.05) is 30.1 Å². The van der Waals surface area contributed by atoms with Gasteiger partial charge in [-0.15, -0.1) is 5.73 Å². The first-order valence-corrected chi connectivity index (χ1v) is 3.32. The second-order valence-electron chi connectivity index (χ2n) is 2.46. The summed E-state index contributed by atoms with van der Waals surface area (Å²) in [6.07, 6.45) is 6.87. The Balaban J connectivity index is 2.43. The molecule has 0 atom stereocenters. The fourth-order valence-electron chi connectivity index (χ4n) is 0.913. The van der Waals surface area contributed by atoms with E-state index in [1.54, 1.807) is 0 Å². The zero-order valence-corrected chi connectivity index (χ0v) is 5.83. The Bertz CT molecular complexity index is 314. The van der Waals surface area contributed by atoms with Gasteiger partial charge in [-0.25, -0.2) is 4.68 Å². The molecule has 50 valence electrons. The molecule has 0 N–H and O–H groups in total. The molecule has 0 radical (unpaired) electrons. The summed E-state index contributed by atoms with van der Waals surface area (Å²) in [5.74, 6) is 0. The van der Waals surface area contributed by atoms with Gasteiger partial charge in [-0.1, -0.05) is 0 Å². The van der Waals surface area contributed by atoms with Gasteiger partial charge in [-0.05, 0) is 18.6 Å². The molecule has 2 nitrogen and oxygen atoms in total. The van der Waals surface area contributed by atoms with Crippen molar-refractivity contribution >= 4 is 5.70 Å². The van der Waals surface area contributed by atoms with Gasteiger partial charge in [0.15, 0.2) is 0 Å². The van der Waals surface area contributed by atoms with E-state index in [9.17, 15) is 0 Å². The van der Waals surface area contributed by atoms with E-state index in [4.69, 9.17) is 0 Å². The molecule has 1 aliphatic rings. The number of aryl methyl sites for hydroxylation is 1. The van der Waals surface area contributed by atoms with Crippen molar-refractivity contribution in [3.05, 3.63) is 29.8 Å². The molecule has 2 heteroatoms. The summed E-state index contributed by atoms with van der Waals surface area (Å²) in [6, 6.07) is 0. The number of hydrogen-bond donors (Lipinski definition) is 0. The van der Waals surface area contributed by atoms with Gasteiger partial charge in [0, 0.05) is 12.6 Å². The van der Waals surface area contributed by atoms with Gasteiger partial charge < -0.3 is 0 Å². The van der Waals surface area contributed by atoms with Crippen LogP contribution in [0.4, 0.5) is 0 Å². The summed E-state index contributed by atoms with van der Waals surface area (Å²) in [5, 5.41) is 4.13. The predicted octanol–water partition coefficient (Wildman–Crippen LogP) is 1.59. The molecule has 1 aromatic heterocycles. The Kier molecular flexibility index (Phi) is 1.02. The lowest BCUT2D eigenvalue weighted by molar-refractivity contribution is 0.869. The van der Waals surface area contributed by atoms with Gasteiger partial charge in [0.05, 0.1) is 11.9 Å². The largest absolute Gasteiger partial charge is 0.237 e. The molecule has 0 aromatic carbocycles. The van der Waals surface area contributed by atoms with E-state index < -0.39 is 0 Å². The van der Waals surface area contributed by atoms with Crippen molar-refractivity contribution in [1.29, 1.82) is 0 Å². The van der Waals surface area contributed by atoms with E-state index >= 15 is 0 Å². The van der Waals surface area contributed by atoms with Crippen molar-refractivity contribution in [2.45, 2.75) is 13.3 Å². The zero-order chi connectivity index (χ0) is 6.97. The molecule has 1 aromatic rings. The molecule has 0 fully saturated rings. The Morgan fingerprint density at radius 3 is 2.90 bits per heavy atom. The van der Waals surface area contributed by atoms with Crippen molar-refractivity contribution in [3.8, 4) is 0 Å². The highest BCUT2D eigenvalue weighted by molar-refractivity contribution is 5.51. The van der Waals surface area contributed by atoms with Crippen LogP contribution in [0.25, 0.3) is 5.70 Å². The van der Waals surface area contributed by atoms with Gasteiger partial charge in [-0.3, -0.25) is 0 Å². The summed E-state index contributed by atoms with van der Waals surface area (Å²) in [6.45, 7) is 2.03. The molecule has 0 amide bonds. The van der Waals surface area contributed by atoms with Crippen LogP contribution in [0, 0.1) is 6.92 Å². The lowest BCUT2D eigenvalue weighted by Crippen LogP contribution is -1.98. The second kappa shape index (κ2) is 1.86. The third-order valence-electron chi connectivity index (χ3n) is 1.55. The smallest absolute Gasteiger partial charge is 0.0877 e. The maximum absolute atomic E-state index is 4.13. The molecule has 2 rings (SSSR count). The van der Waals surface area contributed by atoms with Crippen molar-refractivity contribution in [2.24, 2.45) is 0 Å². The summed E-state index contributed by atoms with van der Waals surface area (Å²) in [5.41, 5.74) is 5.42. The maximum Gasteiger partial charge on any atom is 0.0877 e. The molecule has 0 bridgehead atoms. The Hall–Kier alpha value is -1.27. The minimum absolute atomic E-state index is 1.00. The van der Waals surface area contributed by atoms with Crippen LogP contribution < -0.4 is 0 Å². The Labute approximate surface area is 59.5 Å². The third-order valence-corrected chi connectivity index (χ3v) is 1.55. The molecule has 1 heterocycles. The zero-order valence-electron chi connectivity index (χ0n) is 5.83.